The highest BCUT2D eigenvalue weighted by molar-refractivity contribution is 9.10. The van der Waals surface area contributed by atoms with Crippen molar-refractivity contribution in [1.29, 1.82) is 0 Å². The fourth-order valence-corrected chi connectivity index (χ4v) is 1.91. The topological polar surface area (TPSA) is 66.5 Å². The number of anilines is 2. The van der Waals surface area contributed by atoms with Crippen molar-refractivity contribution in [2.75, 3.05) is 5.32 Å². The number of rotatable bonds is 2. The first-order chi connectivity index (χ1) is 9.16. The zero-order valence-corrected chi connectivity index (χ0v) is 10.9. The van der Waals surface area contributed by atoms with E-state index < -0.39 is 11.6 Å². The molecule has 0 saturated heterocycles. The number of halogens is 3. The fourth-order valence-electron chi connectivity index (χ4n) is 1.61. The molecule has 2 heterocycles. The fraction of sp³-hybridized carbons (Fsp3) is 0. The van der Waals surface area contributed by atoms with E-state index in [4.69, 9.17) is 0 Å². The summed E-state index contributed by atoms with van der Waals surface area (Å²) in [7, 11) is 0. The predicted molar refractivity (Wildman–Crippen MR) is 69.0 cm³/mol. The van der Waals surface area contributed by atoms with Crippen LogP contribution in [0.1, 0.15) is 0 Å². The normalized spacial score (nSPS) is 10.9. The highest BCUT2D eigenvalue weighted by Crippen LogP contribution is 2.27. The Morgan fingerprint density at radius 2 is 1.95 bits per heavy atom. The summed E-state index contributed by atoms with van der Waals surface area (Å²) in [6.45, 7) is 0. The number of hydrogen-bond acceptors (Lipinski definition) is 4. The average Bonchev–Trinajstić information content (AvgIpc) is 2.89. The quantitative estimate of drug-likeness (QED) is 0.710. The number of aromatic nitrogens is 4. The summed E-state index contributed by atoms with van der Waals surface area (Å²) in [5, 5.41) is 2.70. The molecular weight excluding hydrogens is 320 g/mol. The van der Waals surface area contributed by atoms with E-state index in [1.165, 1.54) is 24.8 Å². The lowest BCUT2D eigenvalue weighted by Gasteiger charge is -2.08. The van der Waals surface area contributed by atoms with Crippen LogP contribution in [0.25, 0.3) is 11.2 Å². The SMILES string of the molecule is Fc1c(Br)ccc(Nc2ncnc3[nH]cnc23)c1F. The van der Waals surface area contributed by atoms with E-state index in [-0.39, 0.29) is 10.2 Å². The van der Waals surface area contributed by atoms with Crippen molar-refractivity contribution in [3.8, 4) is 0 Å². The molecule has 96 valence electrons. The molecule has 19 heavy (non-hydrogen) atoms. The maximum absolute atomic E-state index is 13.7. The van der Waals surface area contributed by atoms with Gasteiger partial charge in [-0.3, -0.25) is 0 Å². The summed E-state index contributed by atoms with van der Waals surface area (Å²) < 4.78 is 27.2. The Kier molecular flexibility index (Phi) is 2.86. The van der Waals surface area contributed by atoms with Gasteiger partial charge in [0.2, 0.25) is 0 Å². The monoisotopic (exact) mass is 325 g/mol. The van der Waals surface area contributed by atoms with Crippen molar-refractivity contribution in [1.82, 2.24) is 19.9 Å². The third-order valence-corrected chi connectivity index (χ3v) is 3.12. The van der Waals surface area contributed by atoms with Gasteiger partial charge in [0.15, 0.2) is 28.6 Å². The van der Waals surface area contributed by atoms with E-state index in [0.717, 1.165) is 0 Å². The van der Waals surface area contributed by atoms with E-state index in [9.17, 15) is 8.78 Å². The molecule has 2 aromatic heterocycles. The smallest absolute Gasteiger partial charge is 0.183 e. The van der Waals surface area contributed by atoms with Gasteiger partial charge in [-0.15, -0.1) is 0 Å². The lowest BCUT2D eigenvalue weighted by molar-refractivity contribution is 0.507. The van der Waals surface area contributed by atoms with Gasteiger partial charge >= 0.3 is 0 Å². The molecule has 0 saturated carbocycles. The maximum atomic E-state index is 13.7. The summed E-state index contributed by atoms with van der Waals surface area (Å²) in [5.41, 5.74) is 0.935. The third kappa shape index (κ3) is 2.03. The van der Waals surface area contributed by atoms with Gasteiger partial charge in [0.25, 0.3) is 0 Å². The Labute approximate surface area is 114 Å². The highest BCUT2D eigenvalue weighted by Gasteiger charge is 2.14. The summed E-state index contributed by atoms with van der Waals surface area (Å²) >= 11 is 2.91. The zero-order valence-electron chi connectivity index (χ0n) is 9.28. The van der Waals surface area contributed by atoms with Gasteiger partial charge in [0, 0.05) is 0 Å². The minimum Gasteiger partial charge on any atom is -0.336 e. The molecule has 0 radical (unpaired) electrons. The Morgan fingerprint density at radius 3 is 2.79 bits per heavy atom. The van der Waals surface area contributed by atoms with Gasteiger partial charge in [-0.25, -0.2) is 23.7 Å². The van der Waals surface area contributed by atoms with Crippen LogP contribution in [0.4, 0.5) is 20.3 Å². The van der Waals surface area contributed by atoms with Crippen LogP contribution in [0.3, 0.4) is 0 Å². The van der Waals surface area contributed by atoms with Gasteiger partial charge in [-0.1, -0.05) is 0 Å². The number of H-pyrrole nitrogens is 1. The van der Waals surface area contributed by atoms with Crippen LogP contribution in [0.5, 0.6) is 0 Å². The van der Waals surface area contributed by atoms with Gasteiger partial charge in [-0.2, -0.15) is 0 Å². The molecule has 3 aromatic rings. The first-order valence-electron chi connectivity index (χ1n) is 5.21. The van der Waals surface area contributed by atoms with Crippen molar-refractivity contribution in [3.05, 3.63) is 40.9 Å². The average molecular weight is 326 g/mol. The third-order valence-electron chi connectivity index (χ3n) is 2.51. The molecular formula is C11H6BrF2N5. The number of benzene rings is 1. The molecule has 0 amide bonds. The molecule has 0 aliphatic rings. The molecule has 0 spiro atoms. The Bertz CT molecular complexity index is 758. The number of fused-ring (bicyclic) bond motifs is 1. The van der Waals surface area contributed by atoms with Crippen LogP contribution < -0.4 is 5.32 Å². The van der Waals surface area contributed by atoms with Crippen LogP contribution in [-0.4, -0.2) is 19.9 Å². The second-order valence-corrected chi connectivity index (χ2v) is 4.52. The van der Waals surface area contributed by atoms with E-state index in [1.807, 2.05) is 0 Å². The van der Waals surface area contributed by atoms with Crippen LogP contribution in [0, 0.1) is 11.6 Å². The van der Waals surface area contributed by atoms with E-state index in [0.29, 0.717) is 17.0 Å². The first-order valence-corrected chi connectivity index (χ1v) is 6.00. The van der Waals surface area contributed by atoms with E-state index in [2.05, 4.69) is 41.2 Å². The van der Waals surface area contributed by atoms with Crippen molar-refractivity contribution in [3.63, 3.8) is 0 Å². The van der Waals surface area contributed by atoms with Gasteiger partial charge in [0.05, 0.1) is 16.5 Å². The molecule has 1 aromatic carbocycles. The Morgan fingerprint density at radius 1 is 1.11 bits per heavy atom. The minimum atomic E-state index is -0.989. The standard InChI is InChI=1S/C11H6BrF2N5/c12-5-1-2-6(8(14)7(5)13)19-11-9-10(16-3-15-9)17-4-18-11/h1-4H,(H2,15,16,17,18,19). The van der Waals surface area contributed by atoms with Crippen LogP contribution >= 0.6 is 15.9 Å². The summed E-state index contributed by atoms with van der Waals surface area (Å²) in [5.74, 6) is -1.65. The maximum Gasteiger partial charge on any atom is 0.183 e. The summed E-state index contributed by atoms with van der Waals surface area (Å²) in [6, 6.07) is 2.81. The van der Waals surface area contributed by atoms with Crippen LogP contribution in [-0.2, 0) is 0 Å². The molecule has 3 rings (SSSR count). The van der Waals surface area contributed by atoms with Crippen LogP contribution in [0.15, 0.2) is 29.3 Å². The summed E-state index contributed by atoms with van der Waals surface area (Å²) in [6.07, 6.45) is 2.75. The molecule has 0 aliphatic carbocycles. The highest BCUT2D eigenvalue weighted by atomic mass is 79.9. The molecule has 0 fully saturated rings. The van der Waals surface area contributed by atoms with Gasteiger partial charge < -0.3 is 10.3 Å². The van der Waals surface area contributed by atoms with Crippen LogP contribution in [0.2, 0.25) is 0 Å². The lowest BCUT2D eigenvalue weighted by Crippen LogP contribution is -2.00. The second-order valence-electron chi connectivity index (χ2n) is 3.67. The Balaban J connectivity index is 2.06. The number of nitrogens with one attached hydrogen (secondary N) is 2. The van der Waals surface area contributed by atoms with Gasteiger partial charge in [0.1, 0.15) is 6.33 Å². The number of hydrogen-bond donors (Lipinski definition) is 2. The molecule has 0 aliphatic heterocycles. The van der Waals surface area contributed by atoms with Gasteiger partial charge in [-0.05, 0) is 28.1 Å². The van der Waals surface area contributed by atoms with E-state index >= 15 is 0 Å². The van der Waals surface area contributed by atoms with Crippen molar-refractivity contribution in [2.45, 2.75) is 0 Å². The first kappa shape index (κ1) is 12.0. The Hall–Kier alpha value is -2.09. The molecule has 0 atom stereocenters. The van der Waals surface area contributed by atoms with Crippen molar-refractivity contribution >= 4 is 38.6 Å². The zero-order chi connectivity index (χ0) is 13.4. The largest absolute Gasteiger partial charge is 0.336 e. The predicted octanol–water partition coefficient (Wildman–Crippen LogP) is 3.14. The lowest BCUT2D eigenvalue weighted by atomic mass is 10.3. The van der Waals surface area contributed by atoms with Crippen molar-refractivity contribution in [2.24, 2.45) is 0 Å². The molecule has 5 nitrogen and oxygen atoms in total. The molecule has 0 bridgehead atoms. The minimum absolute atomic E-state index is 0.0244. The molecule has 8 heteroatoms. The number of nitrogens with zero attached hydrogens (tertiary/aromatic N) is 3. The number of imidazole rings is 1. The second kappa shape index (κ2) is 4.54. The number of aromatic amines is 1. The molecule has 0 unspecified atom stereocenters. The van der Waals surface area contributed by atoms with Crippen molar-refractivity contribution < 1.29 is 8.78 Å². The summed E-state index contributed by atoms with van der Waals surface area (Å²) in [4.78, 5) is 14.7. The van der Waals surface area contributed by atoms with E-state index in [1.54, 1.807) is 0 Å². The molecule has 2 N–H and O–H groups in total.